The van der Waals surface area contributed by atoms with Crippen molar-refractivity contribution in [2.45, 2.75) is 6.42 Å². The summed E-state index contributed by atoms with van der Waals surface area (Å²) in [5.74, 6) is 1.94. The molecule has 0 radical (unpaired) electrons. The number of carbonyl (C=O) groups excluding carboxylic acids is 1. The fraction of sp³-hybridized carbons (Fsp3) is 0.130. The quantitative estimate of drug-likeness (QED) is 0.449. The van der Waals surface area contributed by atoms with Gasteiger partial charge in [-0.3, -0.25) is 4.79 Å². The van der Waals surface area contributed by atoms with Crippen LogP contribution in [0.3, 0.4) is 0 Å². The number of halogens is 1. The third-order valence-corrected chi connectivity index (χ3v) is 5.65. The maximum Gasteiger partial charge on any atom is 0.228 e. The Bertz CT molecular complexity index is 1220. The lowest BCUT2D eigenvalue weighted by molar-refractivity contribution is -0.115. The van der Waals surface area contributed by atoms with Crippen LogP contribution in [0.4, 0.5) is 5.69 Å². The van der Waals surface area contributed by atoms with Gasteiger partial charge in [0.25, 0.3) is 0 Å². The lowest BCUT2D eigenvalue weighted by atomic mass is 10.1. The molecular formula is C23H18BrN3O3. The van der Waals surface area contributed by atoms with E-state index in [2.05, 4.69) is 31.2 Å². The van der Waals surface area contributed by atoms with Gasteiger partial charge in [0.15, 0.2) is 11.5 Å². The number of H-pyrrole nitrogens is 1. The van der Waals surface area contributed by atoms with Crippen LogP contribution in [0.25, 0.3) is 22.4 Å². The van der Waals surface area contributed by atoms with Gasteiger partial charge in [0, 0.05) is 10.0 Å². The molecule has 1 amide bonds. The molecule has 0 unspecified atom stereocenters. The smallest absolute Gasteiger partial charge is 0.228 e. The molecule has 2 heterocycles. The molecule has 1 aliphatic heterocycles. The summed E-state index contributed by atoms with van der Waals surface area (Å²) in [6, 6.07) is 19.2. The first-order valence-electron chi connectivity index (χ1n) is 9.59. The Kier molecular flexibility index (Phi) is 4.88. The summed E-state index contributed by atoms with van der Waals surface area (Å²) < 4.78 is 12.0. The molecule has 3 aromatic carbocycles. The van der Waals surface area contributed by atoms with Gasteiger partial charge in [0.2, 0.25) is 5.91 Å². The van der Waals surface area contributed by atoms with Gasteiger partial charge >= 0.3 is 0 Å². The number of rotatable bonds is 4. The molecule has 5 rings (SSSR count). The highest BCUT2D eigenvalue weighted by Gasteiger charge is 2.18. The van der Waals surface area contributed by atoms with Crippen molar-refractivity contribution in [1.29, 1.82) is 0 Å². The van der Waals surface area contributed by atoms with Crippen LogP contribution in [0.15, 0.2) is 65.1 Å². The third kappa shape index (κ3) is 3.64. The van der Waals surface area contributed by atoms with E-state index in [1.54, 1.807) is 0 Å². The topological polar surface area (TPSA) is 76.2 Å². The number of para-hydroxylation sites is 3. The lowest BCUT2D eigenvalue weighted by Gasteiger charge is -2.20. The predicted octanol–water partition coefficient (Wildman–Crippen LogP) is 4.94. The van der Waals surface area contributed by atoms with E-state index >= 15 is 0 Å². The number of ether oxygens (including phenoxy) is 2. The number of aromatic nitrogens is 2. The third-order valence-electron chi connectivity index (χ3n) is 4.91. The van der Waals surface area contributed by atoms with Crippen molar-refractivity contribution in [3.63, 3.8) is 0 Å². The number of aromatic amines is 1. The first-order valence-corrected chi connectivity index (χ1v) is 10.4. The van der Waals surface area contributed by atoms with Crippen molar-refractivity contribution in [2.75, 3.05) is 18.5 Å². The van der Waals surface area contributed by atoms with Crippen LogP contribution in [-0.4, -0.2) is 29.1 Å². The van der Waals surface area contributed by atoms with Crippen LogP contribution in [0, 0.1) is 0 Å². The molecule has 1 aromatic heterocycles. The van der Waals surface area contributed by atoms with Gasteiger partial charge < -0.3 is 19.8 Å². The minimum atomic E-state index is -0.129. The van der Waals surface area contributed by atoms with Crippen molar-refractivity contribution >= 4 is 38.6 Å². The molecule has 4 aromatic rings. The average molecular weight is 464 g/mol. The number of imidazole rings is 1. The van der Waals surface area contributed by atoms with E-state index < -0.39 is 0 Å². The van der Waals surface area contributed by atoms with Gasteiger partial charge in [-0.1, -0.05) is 40.2 Å². The van der Waals surface area contributed by atoms with Gasteiger partial charge in [-0.2, -0.15) is 0 Å². The molecule has 0 bridgehead atoms. The van der Waals surface area contributed by atoms with E-state index in [-0.39, 0.29) is 12.3 Å². The van der Waals surface area contributed by atoms with Crippen LogP contribution in [0.2, 0.25) is 0 Å². The van der Waals surface area contributed by atoms with E-state index in [4.69, 9.17) is 9.47 Å². The highest BCUT2D eigenvalue weighted by Crippen LogP contribution is 2.36. The van der Waals surface area contributed by atoms with Gasteiger partial charge in [-0.25, -0.2) is 4.98 Å². The molecule has 7 heteroatoms. The first kappa shape index (κ1) is 18.7. The zero-order chi connectivity index (χ0) is 20.5. The summed E-state index contributed by atoms with van der Waals surface area (Å²) in [6.45, 7) is 1.03. The van der Waals surface area contributed by atoms with E-state index in [0.29, 0.717) is 36.2 Å². The van der Waals surface area contributed by atoms with Crippen molar-refractivity contribution in [2.24, 2.45) is 0 Å². The van der Waals surface area contributed by atoms with Gasteiger partial charge in [-0.15, -0.1) is 0 Å². The highest BCUT2D eigenvalue weighted by molar-refractivity contribution is 9.10. The molecule has 0 aliphatic carbocycles. The number of anilines is 1. The summed E-state index contributed by atoms with van der Waals surface area (Å²) >= 11 is 3.53. The van der Waals surface area contributed by atoms with Crippen LogP contribution >= 0.6 is 15.9 Å². The molecule has 0 fully saturated rings. The van der Waals surface area contributed by atoms with Gasteiger partial charge in [-0.05, 0) is 42.0 Å². The second-order valence-corrected chi connectivity index (χ2v) is 7.81. The minimum Gasteiger partial charge on any atom is -0.486 e. The van der Waals surface area contributed by atoms with Crippen LogP contribution in [0.5, 0.6) is 11.5 Å². The molecule has 0 saturated carbocycles. The van der Waals surface area contributed by atoms with Crippen molar-refractivity contribution < 1.29 is 14.3 Å². The second-order valence-electron chi connectivity index (χ2n) is 6.96. The van der Waals surface area contributed by atoms with E-state index in [9.17, 15) is 4.79 Å². The lowest BCUT2D eigenvalue weighted by Crippen LogP contribution is -2.18. The van der Waals surface area contributed by atoms with Crippen LogP contribution in [-0.2, 0) is 11.2 Å². The highest BCUT2D eigenvalue weighted by atomic mass is 79.9. The summed E-state index contributed by atoms with van der Waals surface area (Å²) in [7, 11) is 0. The molecular weight excluding hydrogens is 446 g/mol. The monoisotopic (exact) mass is 463 g/mol. The Morgan fingerprint density at radius 2 is 1.77 bits per heavy atom. The fourth-order valence-corrected chi connectivity index (χ4v) is 3.95. The predicted molar refractivity (Wildman–Crippen MR) is 119 cm³/mol. The van der Waals surface area contributed by atoms with E-state index in [0.717, 1.165) is 26.6 Å². The zero-order valence-corrected chi connectivity index (χ0v) is 17.5. The largest absolute Gasteiger partial charge is 0.486 e. The van der Waals surface area contributed by atoms with E-state index in [1.165, 1.54) is 0 Å². The molecule has 0 saturated heterocycles. The second kappa shape index (κ2) is 7.84. The van der Waals surface area contributed by atoms with Crippen molar-refractivity contribution in [3.8, 4) is 22.9 Å². The molecule has 30 heavy (non-hydrogen) atoms. The summed E-state index contributed by atoms with van der Waals surface area (Å²) in [4.78, 5) is 20.8. The number of hydrogen-bond acceptors (Lipinski definition) is 4. The SMILES string of the molecule is O=C(Cc1cc2c(cc1Br)OCCO2)Nc1ccccc1-c1nc2ccccc2[nH]1. The molecule has 2 N–H and O–H groups in total. The van der Waals surface area contributed by atoms with Gasteiger partial charge in [0.1, 0.15) is 19.0 Å². The molecule has 0 spiro atoms. The maximum atomic E-state index is 12.8. The first-order chi connectivity index (χ1) is 14.7. The molecule has 0 atom stereocenters. The standard InChI is InChI=1S/C23H18BrN3O3/c24-16-13-21-20(29-9-10-30-21)11-14(16)12-22(28)25-17-6-2-1-5-15(17)23-26-18-7-3-4-8-19(18)27-23/h1-8,11,13H,9-10,12H2,(H,25,28)(H,26,27). The minimum absolute atomic E-state index is 0.129. The normalized spacial score (nSPS) is 12.7. The maximum absolute atomic E-state index is 12.8. The number of hydrogen-bond donors (Lipinski definition) is 2. The zero-order valence-electron chi connectivity index (χ0n) is 15.9. The Morgan fingerprint density at radius 1 is 1.03 bits per heavy atom. The number of nitrogens with one attached hydrogen (secondary N) is 2. The molecule has 150 valence electrons. The number of nitrogens with zero attached hydrogens (tertiary/aromatic N) is 1. The summed E-state index contributed by atoms with van der Waals surface area (Å²) in [6.07, 6.45) is 0.200. The Labute approximate surface area is 181 Å². The van der Waals surface area contributed by atoms with Crippen LogP contribution in [0.1, 0.15) is 5.56 Å². The number of carbonyl (C=O) groups is 1. The Hall–Kier alpha value is -3.32. The van der Waals surface area contributed by atoms with E-state index in [1.807, 2.05) is 60.7 Å². The molecule has 6 nitrogen and oxygen atoms in total. The van der Waals surface area contributed by atoms with Crippen LogP contribution < -0.4 is 14.8 Å². The molecule has 1 aliphatic rings. The van der Waals surface area contributed by atoms with Crippen molar-refractivity contribution in [1.82, 2.24) is 9.97 Å². The summed E-state index contributed by atoms with van der Waals surface area (Å²) in [5.41, 5.74) is 4.21. The number of benzene rings is 3. The Morgan fingerprint density at radius 3 is 2.60 bits per heavy atom. The van der Waals surface area contributed by atoms with Gasteiger partial charge in [0.05, 0.1) is 23.1 Å². The summed E-state index contributed by atoms with van der Waals surface area (Å²) in [5, 5.41) is 3.02. The van der Waals surface area contributed by atoms with Crippen molar-refractivity contribution in [3.05, 3.63) is 70.7 Å². The number of amides is 1. The number of fused-ring (bicyclic) bond motifs is 2. The Balaban J connectivity index is 1.39. The average Bonchev–Trinajstić information content (AvgIpc) is 3.19. The fourth-order valence-electron chi connectivity index (χ4n) is 3.49.